The summed E-state index contributed by atoms with van der Waals surface area (Å²) in [5, 5.41) is 2.30. The van der Waals surface area contributed by atoms with Gasteiger partial charge in [-0.15, -0.1) is 0 Å². The van der Waals surface area contributed by atoms with Gasteiger partial charge in [-0.1, -0.05) is 48.5 Å². The van der Waals surface area contributed by atoms with Gasteiger partial charge in [0, 0.05) is 19.6 Å². The lowest BCUT2D eigenvalue weighted by molar-refractivity contribution is -0.125. The fraction of sp³-hybridized carbons (Fsp3) is 1.00. The Labute approximate surface area is 114 Å². The Morgan fingerprint density at radius 2 is 1.61 bits per heavy atom. The second-order valence-electron chi connectivity index (χ2n) is 7.83. The van der Waals surface area contributed by atoms with E-state index in [2.05, 4.69) is 70.8 Å². The molecule has 1 heterocycles. The van der Waals surface area contributed by atoms with E-state index in [9.17, 15) is 0 Å². The zero-order chi connectivity index (χ0) is 14.1. The maximum absolute atomic E-state index is 3.58. The molecule has 0 aliphatic carbocycles. The molecule has 1 N–H and O–H groups in total. The lowest BCUT2D eigenvalue weighted by Gasteiger charge is -2.55. The summed E-state index contributed by atoms with van der Waals surface area (Å²) < 4.78 is 0. The van der Waals surface area contributed by atoms with Crippen molar-refractivity contribution in [2.45, 2.75) is 67.1 Å². The van der Waals surface area contributed by atoms with Crippen LogP contribution in [-0.4, -0.2) is 42.3 Å². The molecule has 0 aromatic rings. The summed E-state index contributed by atoms with van der Waals surface area (Å²) in [5.74, 6) is 0. The number of hydrogen-bond donors (Lipinski definition) is 1. The standard InChI is InChI=1S/C15H33N3/c1-9-10-18-12(14(2,3)4)11-16-17(8)13(18)15(5,6)7/h12-13,16H,9-11H2,1-8H3. The Balaban J connectivity index is 3.04. The zero-order valence-electron chi connectivity index (χ0n) is 13.7. The van der Waals surface area contributed by atoms with Gasteiger partial charge in [-0.2, -0.15) is 0 Å². The van der Waals surface area contributed by atoms with Gasteiger partial charge >= 0.3 is 0 Å². The Kier molecular flexibility index (Phi) is 4.85. The van der Waals surface area contributed by atoms with Crippen LogP contribution in [0.5, 0.6) is 0 Å². The largest absolute Gasteiger partial charge is 0.282 e. The molecule has 108 valence electrons. The summed E-state index contributed by atoms with van der Waals surface area (Å²) in [6.07, 6.45) is 1.67. The molecule has 1 saturated heterocycles. The molecular weight excluding hydrogens is 222 g/mol. The SMILES string of the molecule is CCCN1C(C(C)(C)C)CNN(C)C1C(C)(C)C. The average Bonchev–Trinajstić information content (AvgIpc) is 2.13. The molecule has 1 fully saturated rings. The van der Waals surface area contributed by atoms with Crippen LogP contribution in [0.1, 0.15) is 54.9 Å². The molecule has 1 aliphatic heterocycles. The first-order chi connectivity index (χ1) is 8.09. The van der Waals surface area contributed by atoms with Gasteiger partial charge in [0.25, 0.3) is 0 Å². The maximum atomic E-state index is 3.58. The van der Waals surface area contributed by atoms with E-state index in [1.165, 1.54) is 13.0 Å². The molecule has 0 spiro atoms. The molecule has 3 nitrogen and oxygen atoms in total. The molecule has 18 heavy (non-hydrogen) atoms. The highest BCUT2D eigenvalue weighted by atomic mass is 15.6. The van der Waals surface area contributed by atoms with Gasteiger partial charge in [0.1, 0.15) is 0 Å². The lowest BCUT2D eigenvalue weighted by Crippen LogP contribution is -2.70. The van der Waals surface area contributed by atoms with Crippen molar-refractivity contribution in [3.05, 3.63) is 0 Å². The highest BCUT2D eigenvalue weighted by molar-refractivity contribution is 4.94. The predicted octanol–water partition coefficient (Wildman–Crippen LogP) is 2.94. The van der Waals surface area contributed by atoms with Crippen molar-refractivity contribution in [3.63, 3.8) is 0 Å². The minimum atomic E-state index is 0.251. The first kappa shape index (κ1) is 15.9. The molecule has 3 heteroatoms. The van der Waals surface area contributed by atoms with Crippen LogP contribution in [-0.2, 0) is 0 Å². The molecule has 1 rings (SSSR count). The molecule has 0 amide bonds. The Hall–Kier alpha value is -0.120. The number of hydrogen-bond acceptors (Lipinski definition) is 3. The van der Waals surface area contributed by atoms with E-state index < -0.39 is 0 Å². The Morgan fingerprint density at radius 1 is 1.06 bits per heavy atom. The normalized spacial score (nSPS) is 28.7. The van der Waals surface area contributed by atoms with Gasteiger partial charge in [0.05, 0.1) is 6.17 Å². The topological polar surface area (TPSA) is 18.5 Å². The summed E-state index contributed by atoms with van der Waals surface area (Å²) in [5.41, 5.74) is 4.14. The minimum Gasteiger partial charge on any atom is -0.282 e. The van der Waals surface area contributed by atoms with E-state index in [-0.39, 0.29) is 5.41 Å². The average molecular weight is 255 g/mol. The second kappa shape index (κ2) is 5.48. The molecule has 0 saturated carbocycles. The summed E-state index contributed by atoms with van der Waals surface area (Å²) in [6.45, 7) is 18.6. The van der Waals surface area contributed by atoms with E-state index in [0.29, 0.717) is 17.6 Å². The Bertz CT molecular complexity index is 262. The van der Waals surface area contributed by atoms with E-state index in [0.717, 1.165) is 6.54 Å². The van der Waals surface area contributed by atoms with Gasteiger partial charge in [-0.05, 0) is 23.8 Å². The van der Waals surface area contributed by atoms with Crippen LogP contribution < -0.4 is 5.43 Å². The maximum Gasteiger partial charge on any atom is 0.0806 e. The second-order valence-corrected chi connectivity index (χ2v) is 7.83. The fourth-order valence-electron chi connectivity index (χ4n) is 3.25. The highest BCUT2D eigenvalue weighted by Crippen LogP contribution is 2.35. The third-order valence-electron chi connectivity index (χ3n) is 3.87. The first-order valence-corrected chi connectivity index (χ1v) is 7.31. The van der Waals surface area contributed by atoms with E-state index in [1.54, 1.807) is 0 Å². The van der Waals surface area contributed by atoms with Crippen molar-refractivity contribution >= 4 is 0 Å². The van der Waals surface area contributed by atoms with Crippen molar-refractivity contribution in [2.75, 3.05) is 20.1 Å². The molecule has 0 radical (unpaired) electrons. The molecule has 2 unspecified atom stereocenters. The number of rotatable bonds is 2. The zero-order valence-corrected chi connectivity index (χ0v) is 13.7. The molecule has 0 bridgehead atoms. The van der Waals surface area contributed by atoms with Crippen molar-refractivity contribution in [3.8, 4) is 0 Å². The third-order valence-corrected chi connectivity index (χ3v) is 3.87. The number of hydrazine groups is 1. The van der Waals surface area contributed by atoms with E-state index in [1.807, 2.05) is 0 Å². The fourth-order valence-corrected chi connectivity index (χ4v) is 3.25. The Morgan fingerprint density at radius 3 is 2.00 bits per heavy atom. The lowest BCUT2D eigenvalue weighted by atomic mass is 9.81. The van der Waals surface area contributed by atoms with Crippen molar-refractivity contribution < 1.29 is 0 Å². The van der Waals surface area contributed by atoms with Crippen LogP contribution in [0.4, 0.5) is 0 Å². The molecule has 2 atom stereocenters. The van der Waals surface area contributed by atoms with Crippen LogP contribution in [0.2, 0.25) is 0 Å². The van der Waals surface area contributed by atoms with Crippen LogP contribution >= 0.6 is 0 Å². The van der Waals surface area contributed by atoms with Crippen LogP contribution in [0.3, 0.4) is 0 Å². The molecule has 1 aliphatic rings. The first-order valence-electron chi connectivity index (χ1n) is 7.31. The number of nitrogens with zero attached hydrogens (tertiary/aromatic N) is 2. The highest BCUT2D eigenvalue weighted by Gasteiger charge is 2.43. The summed E-state index contributed by atoms with van der Waals surface area (Å²) in [6, 6.07) is 0.595. The van der Waals surface area contributed by atoms with Crippen LogP contribution in [0.25, 0.3) is 0 Å². The summed E-state index contributed by atoms with van der Waals surface area (Å²) >= 11 is 0. The van der Waals surface area contributed by atoms with Gasteiger partial charge in [-0.3, -0.25) is 10.3 Å². The van der Waals surface area contributed by atoms with Crippen molar-refractivity contribution in [1.82, 2.24) is 15.3 Å². The smallest absolute Gasteiger partial charge is 0.0806 e. The van der Waals surface area contributed by atoms with E-state index in [4.69, 9.17) is 0 Å². The third kappa shape index (κ3) is 3.46. The van der Waals surface area contributed by atoms with Gasteiger partial charge in [0.2, 0.25) is 0 Å². The van der Waals surface area contributed by atoms with Gasteiger partial charge < -0.3 is 0 Å². The van der Waals surface area contributed by atoms with Crippen LogP contribution in [0, 0.1) is 10.8 Å². The van der Waals surface area contributed by atoms with E-state index >= 15 is 0 Å². The quantitative estimate of drug-likeness (QED) is 0.818. The van der Waals surface area contributed by atoms with Crippen LogP contribution in [0.15, 0.2) is 0 Å². The van der Waals surface area contributed by atoms with Gasteiger partial charge in [-0.25, -0.2) is 5.01 Å². The molecule has 0 aromatic carbocycles. The molecule has 0 aromatic heterocycles. The van der Waals surface area contributed by atoms with Crippen molar-refractivity contribution in [2.24, 2.45) is 10.8 Å². The monoisotopic (exact) mass is 255 g/mol. The number of nitrogens with one attached hydrogen (secondary N) is 1. The minimum absolute atomic E-state index is 0.251. The van der Waals surface area contributed by atoms with Crippen molar-refractivity contribution in [1.29, 1.82) is 0 Å². The van der Waals surface area contributed by atoms with Gasteiger partial charge in [0.15, 0.2) is 0 Å². The molecular formula is C15H33N3. The summed E-state index contributed by atoms with van der Waals surface area (Å²) in [7, 11) is 2.18. The summed E-state index contributed by atoms with van der Waals surface area (Å²) in [4.78, 5) is 2.70. The predicted molar refractivity (Wildman–Crippen MR) is 79.2 cm³/mol.